The van der Waals surface area contributed by atoms with Crippen LogP contribution in [0.3, 0.4) is 0 Å². The molecular weight excluding hydrogens is 368 g/mol. The topological polar surface area (TPSA) is 62.1 Å². The van der Waals surface area contributed by atoms with E-state index >= 15 is 0 Å². The van der Waals surface area contributed by atoms with Gasteiger partial charge in [-0.25, -0.2) is 0 Å². The summed E-state index contributed by atoms with van der Waals surface area (Å²) >= 11 is 9.44. The highest BCUT2D eigenvalue weighted by Crippen LogP contribution is 2.33. The first-order valence-electron chi connectivity index (χ1n) is 6.97. The molecule has 0 aliphatic carbocycles. The Balaban J connectivity index is 2.86. The van der Waals surface area contributed by atoms with E-state index in [0.717, 1.165) is 5.56 Å². The number of nitriles is 1. The Hall–Kier alpha value is -1.25. The molecule has 6 heteroatoms. The van der Waals surface area contributed by atoms with E-state index in [0.29, 0.717) is 15.2 Å². The molecule has 22 heavy (non-hydrogen) atoms. The molecule has 0 aliphatic heterocycles. The van der Waals surface area contributed by atoms with Gasteiger partial charge in [0.05, 0.1) is 10.5 Å². The van der Waals surface area contributed by atoms with Gasteiger partial charge in [0.15, 0.2) is 6.10 Å². The highest BCUT2D eigenvalue weighted by molar-refractivity contribution is 9.10. The van der Waals surface area contributed by atoms with Crippen LogP contribution in [0, 0.1) is 24.2 Å². The molecule has 2 atom stereocenters. The molecule has 0 spiro atoms. The average molecular weight is 388 g/mol. The number of ether oxygens (including phenoxy) is 1. The molecule has 0 saturated carbocycles. The van der Waals surface area contributed by atoms with E-state index in [9.17, 15) is 10.1 Å². The lowest BCUT2D eigenvalue weighted by molar-refractivity contribution is -0.129. The zero-order valence-corrected chi connectivity index (χ0v) is 15.7. The number of nitrogens with one attached hydrogen (secondary N) is 1. The fraction of sp³-hybridized carbons (Fsp3) is 0.500. The van der Waals surface area contributed by atoms with E-state index in [2.05, 4.69) is 27.3 Å². The second-order valence-corrected chi connectivity index (χ2v) is 6.90. The van der Waals surface area contributed by atoms with Gasteiger partial charge in [0.1, 0.15) is 11.3 Å². The monoisotopic (exact) mass is 386 g/mol. The minimum atomic E-state index is -0.929. The molecule has 0 heterocycles. The molecule has 0 radical (unpaired) electrons. The van der Waals surface area contributed by atoms with Crippen LogP contribution in [0.1, 0.15) is 33.3 Å². The summed E-state index contributed by atoms with van der Waals surface area (Å²) in [5.74, 6) is 0.183. The third-order valence-electron chi connectivity index (χ3n) is 3.73. The molecule has 1 rings (SSSR count). The molecule has 0 aromatic heterocycles. The maximum absolute atomic E-state index is 12.3. The fourth-order valence-corrected chi connectivity index (χ4v) is 2.34. The molecular formula is C16H20BrClN2O2. The summed E-state index contributed by atoms with van der Waals surface area (Å²) in [5, 5.41) is 12.6. The van der Waals surface area contributed by atoms with Gasteiger partial charge in [0.2, 0.25) is 0 Å². The van der Waals surface area contributed by atoms with Gasteiger partial charge in [0.25, 0.3) is 5.91 Å². The summed E-state index contributed by atoms with van der Waals surface area (Å²) in [5.41, 5.74) is -0.0854. The van der Waals surface area contributed by atoms with Crippen LogP contribution in [0.25, 0.3) is 0 Å². The summed E-state index contributed by atoms with van der Waals surface area (Å²) in [6, 6.07) is 5.56. The highest BCUT2D eigenvalue weighted by atomic mass is 79.9. The van der Waals surface area contributed by atoms with Gasteiger partial charge < -0.3 is 10.1 Å². The zero-order valence-electron chi connectivity index (χ0n) is 13.3. The van der Waals surface area contributed by atoms with Gasteiger partial charge >= 0.3 is 0 Å². The number of rotatable bonds is 5. The maximum Gasteiger partial charge on any atom is 0.262 e. The average Bonchev–Trinajstić information content (AvgIpc) is 2.47. The fourth-order valence-electron chi connectivity index (χ4n) is 1.63. The second kappa shape index (κ2) is 7.34. The van der Waals surface area contributed by atoms with Crippen molar-refractivity contribution >= 4 is 33.4 Å². The Morgan fingerprint density at radius 3 is 2.55 bits per heavy atom. The van der Waals surface area contributed by atoms with Crippen LogP contribution >= 0.6 is 27.5 Å². The Labute approximate surface area is 144 Å². The number of carbonyl (C=O) groups excluding carboxylic acids is 1. The highest BCUT2D eigenvalue weighted by Gasteiger charge is 2.32. The van der Waals surface area contributed by atoms with Crippen molar-refractivity contribution in [2.45, 2.75) is 46.3 Å². The third-order valence-corrected chi connectivity index (χ3v) is 5.12. The van der Waals surface area contributed by atoms with Gasteiger partial charge in [0, 0.05) is 5.02 Å². The summed E-state index contributed by atoms with van der Waals surface area (Å²) in [6.07, 6.45) is -0.733. The van der Waals surface area contributed by atoms with Crippen LogP contribution in [-0.4, -0.2) is 17.6 Å². The van der Waals surface area contributed by atoms with Crippen molar-refractivity contribution in [3.8, 4) is 11.8 Å². The minimum absolute atomic E-state index is 0.0156. The summed E-state index contributed by atoms with van der Waals surface area (Å²) < 4.78 is 6.40. The molecule has 0 bridgehead atoms. The van der Waals surface area contributed by atoms with Crippen molar-refractivity contribution in [2.75, 3.05) is 0 Å². The SMILES string of the molecule is Cc1c(Cl)ccc(OC(C)C(=O)NC(C)(C#N)C(C)C)c1Br. The number of hydrogen-bond acceptors (Lipinski definition) is 3. The van der Waals surface area contributed by atoms with E-state index in [1.807, 2.05) is 20.8 Å². The predicted molar refractivity (Wildman–Crippen MR) is 91.0 cm³/mol. The van der Waals surface area contributed by atoms with Crippen LogP contribution in [-0.2, 0) is 4.79 Å². The zero-order chi connectivity index (χ0) is 17.1. The molecule has 1 N–H and O–H groups in total. The van der Waals surface area contributed by atoms with Crippen LogP contribution in [0.15, 0.2) is 16.6 Å². The van der Waals surface area contributed by atoms with E-state index in [1.165, 1.54) is 0 Å². The largest absolute Gasteiger partial charge is 0.480 e. The standard InChI is InChI=1S/C16H20BrClN2O2/c1-9(2)16(5,8-19)20-15(21)11(4)22-13-7-6-12(18)10(3)14(13)17/h6-7,9,11H,1-5H3,(H,20,21). The molecule has 0 fully saturated rings. The summed E-state index contributed by atoms with van der Waals surface area (Å²) in [4.78, 5) is 12.3. The second-order valence-electron chi connectivity index (χ2n) is 5.70. The molecule has 0 saturated heterocycles. The number of amides is 1. The van der Waals surface area contributed by atoms with E-state index in [-0.39, 0.29) is 11.8 Å². The Morgan fingerprint density at radius 2 is 2.05 bits per heavy atom. The molecule has 2 unspecified atom stereocenters. The van der Waals surface area contributed by atoms with Gasteiger partial charge in [-0.3, -0.25) is 4.79 Å². The van der Waals surface area contributed by atoms with Crippen molar-refractivity contribution in [1.82, 2.24) is 5.32 Å². The van der Waals surface area contributed by atoms with Gasteiger partial charge in [-0.2, -0.15) is 5.26 Å². The number of benzene rings is 1. The lowest BCUT2D eigenvalue weighted by atomic mass is 9.90. The number of hydrogen-bond donors (Lipinski definition) is 1. The Kier molecular flexibility index (Phi) is 6.27. The minimum Gasteiger partial charge on any atom is -0.480 e. The molecule has 1 aromatic rings. The van der Waals surface area contributed by atoms with Crippen molar-refractivity contribution in [3.05, 3.63) is 27.2 Å². The molecule has 0 aliphatic rings. The molecule has 120 valence electrons. The lowest BCUT2D eigenvalue weighted by Gasteiger charge is -2.29. The van der Waals surface area contributed by atoms with Gasteiger partial charge in [-0.05, 0) is 60.3 Å². The molecule has 1 aromatic carbocycles. The first kappa shape index (κ1) is 18.8. The van der Waals surface area contributed by atoms with Crippen molar-refractivity contribution in [3.63, 3.8) is 0 Å². The first-order valence-corrected chi connectivity index (χ1v) is 8.14. The molecule has 4 nitrogen and oxygen atoms in total. The number of halogens is 2. The summed E-state index contributed by atoms with van der Waals surface area (Å²) in [7, 11) is 0. The number of nitrogens with zero attached hydrogens (tertiary/aromatic N) is 1. The smallest absolute Gasteiger partial charge is 0.262 e. The van der Waals surface area contributed by atoms with Crippen molar-refractivity contribution in [1.29, 1.82) is 5.26 Å². The Bertz CT molecular complexity index is 613. The van der Waals surface area contributed by atoms with Gasteiger partial charge in [-0.15, -0.1) is 0 Å². The van der Waals surface area contributed by atoms with E-state index < -0.39 is 11.6 Å². The lowest BCUT2D eigenvalue weighted by Crippen LogP contribution is -2.52. The van der Waals surface area contributed by atoms with Crippen LogP contribution in [0.2, 0.25) is 5.02 Å². The quantitative estimate of drug-likeness (QED) is 0.822. The molecule has 1 amide bonds. The number of carbonyl (C=O) groups is 1. The van der Waals surface area contributed by atoms with Crippen LogP contribution in [0.5, 0.6) is 5.75 Å². The van der Waals surface area contributed by atoms with Crippen molar-refractivity contribution < 1.29 is 9.53 Å². The Morgan fingerprint density at radius 1 is 1.45 bits per heavy atom. The van der Waals surface area contributed by atoms with Gasteiger partial charge in [-0.1, -0.05) is 25.4 Å². The van der Waals surface area contributed by atoms with E-state index in [1.54, 1.807) is 26.0 Å². The van der Waals surface area contributed by atoms with Crippen molar-refractivity contribution in [2.24, 2.45) is 5.92 Å². The predicted octanol–water partition coefficient (Wildman–Crippen LogP) is 4.23. The first-order chi connectivity index (χ1) is 10.1. The van der Waals surface area contributed by atoms with Crippen LogP contribution < -0.4 is 10.1 Å². The summed E-state index contributed by atoms with van der Waals surface area (Å²) in [6.45, 7) is 8.96. The van der Waals surface area contributed by atoms with E-state index in [4.69, 9.17) is 16.3 Å². The maximum atomic E-state index is 12.3. The third kappa shape index (κ3) is 4.15. The normalized spacial score (nSPS) is 14.9. The van der Waals surface area contributed by atoms with Crippen LogP contribution in [0.4, 0.5) is 0 Å².